The van der Waals surface area contributed by atoms with Crippen LogP contribution in [-0.4, -0.2) is 215 Å². The molecule has 2 saturated heterocycles. The summed E-state index contributed by atoms with van der Waals surface area (Å²) in [4.78, 5) is 55.6. The molecule has 2 aliphatic heterocycles. The van der Waals surface area contributed by atoms with Crippen LogP contribution in [0.25, 0.3) is 0 Å². The summed E-state index contributed by atoms with van der Waals surface area (Å²) < 4.78 is 9.05. The molecule has 0 amide bonds. The number of rotatable bonds is 39. The standard InChI is InChI=1S/C11H23N.C11H18O2.C10H21NO2.C9H21N3.C9H21N.C8H19NO.C7H15NO2.C7H17N.C6H14.10C3H8/c1-11(2)7-6-10-12-8-4-3-5-9-12;1-4-10(12)6-5-7-11(13)8-9(2)3;1-8(2)11(9(3)4)7-6-10(12)13-5;1-9(2)12-7-5-11(4-3-10)6-8-12;1-4-7-10-8-5-6-9(2)3;1-4-5-9(6-7-10)8(2)3;1-6(2)8-5-4-7(9)10-3;1-6(2)5-8-7(3)4;1-4-5-6(2)3;10*1-3-2/h11H,3-10H2,1-2H3;4,9H,1,5-8H2,2-3H3;8-9H,6-7H2,1-5H3;9H,3-8,10H2,1-2H3;9-10H,4-8H2,1-3H3;8,10H,4-7H2,1-3H3;6,8H,4-5H2,1-3H3;6-8H,5H2,1-4H3;6H,4-5H2,1-3H3;10*3H2,1-2H3. The van der Waals surface area contributed by atoms with Crippen LogP contribution in [0.3, 0.4) is 0 Å². The van der Waals surface area contributed by atoms with E-state index in [2.05, 4.69) is 340 Å². The Morgan fingerprint density at radius 2 is 0.790 bits per heavy atom. The van der Waals surface area contributed by atoms with E-state index in [1.54, 1.807) is 0 Å². The fourth-order valence-corrected chi connectivity index (χ4v) is 9.74. The van der Waals surface area contributed by atoms with E-state index in [-0.39, 0.29) is 30.1 Å². The van der Waals surface area contributed by atoms with Crippen molar-refractivity contribution in [1.29, 1.82) is 0 Å². The van der Waals surface area contributed by atoms with Crippen molar-refractivity contribution in [3.05, 3.63) is 12.7 Å². The number of carbonyl (C=O) groups is 4. The zero-order valence-corrected chi connectivity index (χ0v) is 95.0. The molecule has 0 aliphatic carbocycles. The highest BCUT2D eigenvalue weighted by Gasteiger charge is 2.18. The molecule has 16 heteroatoms. The molecule has 16 nitrogen and oxygen atoms in total. The van der Waals surface area contributed by atoms with E-state index >= 15 is 0 Å². The van der Waals surface area contributed by atoms with Crippen molar-refractivity contribution in [3.63, 3.8) is 0 Å². The van der Waals surface area contributed by atoms with Crippen LogP contribution in [-0.2, 0) is 28.7 Å². The minimum absolute atomic E-state index is 0.0253. The van der Waals surface area contributed by atoms with E-state index in [0.29, 0.717) is 87.2 Å². The van der Waals surface area contributed by atoms with E-state index in [0.717, 1.165) is 69.4 Å². The van der Waals surface area contributed by atoms with Crippen molar-refractivity contribution in [1.82, 2.24) is 40.4 Å². The molecule has 0 aromatic carbocycles. The van der Waals surface area contributed by atoms with Crippen molar-refractivity contribution < 1.29 is 33.8 Å². The Morgan fingerprint density at radius 1 is 0.403 bits per heavy atom. The summed E-state index contributed by atoms with van der Waals surface area (Å²) in [6, 6.07) is 3.29. The fourth-order valence-electron chi connectivity index (χ4n) is 9.74. The van der Waals surface area contributed by atoms with Crippen molar-refractivity contribution >= 4 is 23.5 Å². The molecule has 0 radical (unpaired) electrons. The largest absolute Gasteiger partial charge is 0.469 e. The van der Waals surface area contributed by atoms with Crippen molar-refractivity contribution in [2.75, 3.05) is 126 Å². The van der Waals surface area contributed by atoms with Gasteiger partial charge in [0.15, 0.2) is 5.78 Å². The van der Waals surface area contributed by atoms with Gasteiger partial charge in [0.2, 0.25) is 0 Å². The van der Waals surface area contributed by atoms with E-state index in [1.807, 2.05) is 27.7 Å². The number of ether oxygens (including phenoxy) is 2. The molecule has 0 spiro atoms. The highest BCUT2D eigenvalue weighted by Crippen LogP contribution is 2.13. The third kappa shape index (κ3) is 214. The predicted octanol–water partition coefficient (Wildman–Crippen LogP) is 29.4. The monoisotopic (exact) mass is 1780 g/mol. The Balaban J connectivity index is -0.0000000667. The first-order chi connectivity index (χ1) is 58.3. The molecule has 768 valence electrons. The summed E-state index contributed by atoms with van der Waals surface area (Å²) >= 11 is 0. The molecule has 0 aromatic heterocycles. The van der Waals surface area contributed by atoms with Gasteiger partial charge in [-0.2, -0.15) is 0 Å². The number of hydrogen-bond acceptors (Lipinski definition) is 16. The first-order valence-electron chi connectivity index (χ1n) is 52.2. The molecule has 0 aromatic rings. The molecule has 0 unspecified atom stereocenters. The smallest absolute Gasteiger partial charge is 0.306 e. The molecular formula is C108H249N9O7. The van der Waals surface area contributed by atoms with Gasteiger partial charge in [-0.05, 0) is 195 Å². The van der Waals surface area contributed by atoms with Gasteiger partial charge in [0, 0.05) is 114 Å². The van der Waals surface area contributed by atoms with Gasteiger partial charge in [-0.3, -0.25) is 38.8 Å². The number of esters is 2. The lowest BCUT2D eigenvalue weighted by Gasteiger charge is -2.36. The number of nitrogens with two attached hydrogens (primary N) is 1. The van der Waals surface area contributed by atoms with Crippen LogP contribution in [0.5, 0.6) is 0 Å². The van der Waals surface area contributed by atoms with Crippen LogP contribution in [0.2, 0.25) is 0 Å². The number of likely N-dealkylation sites (tertiary alicyclic amines) is 1. The van der Waals surface area contributed by atoms with Gasteiger partial charge in [-0.1, -0.05) is 346 Å². The Kier molecular flexibility index (Phi) is 194. The third-order valence-corrected chi connectivity index (χ3v) is 15.3. The summed E-state index contributed by atoms with van der Waals surface area (Å²) in [7, 11) is 2.83. The first-order valence-corrected chi connectivity index (χ1v) is 52.2. The highest BCUT2D eigenvalue weighted by molar-refractivity contribution is 5.89. The van der Waals surface area contributed by atoms with Crippen molar-refractivity contribution in [2.45, 2.75) is 521 Å². The molecular weight excluding hydrogens is 1540 g/mol. The molecule has 0 bridgehead atoms. The van der Waals surface area contributed by atoms with Gasteiger partial charge in [0.1, 0.15) is 5.78 Å². The zero-order chi connectivity index (χ0) is 101. The second-order valence-corrected chi connectivity index (χ2v) is 36.4. The van der Waals surface area contributed by atoms with Crippen LogP contribution in [0.15, 0.2) is 12.7 Å². The van der Waals surface area contributed by atoms with E-state index in [1.165, 1.54) is 208 Å². The quantitative estimate of drug-likeness (QED) is 0.0222. The van der Waals surface area contributed by atoms with Gasteiger partial charge in [-0.25, -0.2) is 0 Å². The van der Waals surface area contributed by atoms with E-state index in [4.69, 9.17) is 10.8 Å². The lowest BCUT2D eigenvalue weighted by atomic mass is 10.0. The summed E-state index contributed by atoms with van der Waals surface area (Å²) in [5.74, 6) is 3.83. The minimum atomic E-state index is -0.159. The Labute approximate surface area is 788 Å². The number of methoxy groups -OCH3 is 2. The molecule has 124 heavy (non-hydrogen) atoms. The number of aliphatic hydroxyl groups is 1. The van der Waals surface area contributed by atoms with E-state index in [9.17, 15) is 19.2 Å². The SMILES string of the molecule is C=CC(=O)CCCC(=O)CC(C)C.CC(C)CCCN1CCCCC1.CC(C)CNC(C)C.CC(C)N1CCN(CCN)CC1.CCC.CCC.CCC.CCC.CCC.CCC.CCC.CCC.CCC.CCC.CCCC(C)C.CCCN(CCO)C(C)C.CCCNCCCC(C)C.COC(=O)CCN(C(C)C)C(C)C.COC(=O)CCNC(C)C. The molecule has 2 heterocycles. The lowest BCUT2D eigenvalue weighted by molar-refractivity contribution is -0.141. The number of hydrogen-bond donors (Lipinski definition) is 5. The summed E-state index contributed by atoms with van der Waals surface area (Å²) in [6.07, 6.45) is 31.9. The predicted molar refractivity (Wildman–Crippen MR) is 572 cm³/mol. The number of carbonyl (C=O) groups excluding carboxylic acids is 4. The maximum atomic E-state index is 11.2. The topological polar surface area (TPSA) is 185 Å². The van der Waals surface area contributed by atoms with Crippen molar-refractivity contribution in [2.24, 2.45) is 35.3 Å². The zero-order valence-electron chi connectivity index (χ0n) is 95.0. The van der Waals surface area contributed by atoms with Crippen LogP contribution in [0.4, 0.5) is 0 Å². The molecule has 2 fully saturated rings. The van der Waals surface area contributed by atoms with Crippen LogP contribution in [0.1, 0.15) is 485 Å². The Hall–Kier alpha value is -2.38. The maximum absolute atomic E-state index is 11.2. The summed E-state index contributed by atoms with van der Waals surface area (Å²) in [6.45, 7) is 118. The van der Waals surface area contributed by atoms with Gasteiger partial charge < -0.3 is 41.2 Å². The number of nitrogens with one attached hydrogen (secondary N) is 3. The normalized spacial score (nSPS) is 11.6. The number of Topliss-reactive ketones (excluding diaryl/α,β-unsaturated/α-hetero) is 1. The number of allylic oxidation sites excluding steroid dienone is 1. The fraction of sp³-hybridized carbons (Fsp3) is 0.944. The number of aliphatic hydroxyl groups excluding tert-OH is 1. The Morgan fingerprint density at radius 3 is 1.07 bits per heavy atom. The average Bonchev–Trinajstić information content (AvgIpc) is 0.897. The second-order valence-electron chi connectivity index (χ2n) is 36.4. The van der Waals surface area contributed by atoms with Gasteiger partial charge in [-0.15, -0.1) is 0 Å². The number of nitrogens with zero attached hydrogens (tertiary/aromatic N) is 5. The third-order valence-electron chi connectivity index (χ3n) is 15.3. The number of piperidine rings is 1. The van der Waals surface area contributed by atoms with Gasteiger partial charge in [0.05, 0.1) is 33.7 Å². The van der Waals surface area contributed by atoms with Crippen LogP contribution < -0.4 is 21.7 Å². The van der Waals surface area contributed by atoms with Crippen LogP contribution in [0, 0.1) is 29.6 Å². The number of piperazine rings is 1. The molecule has 6 N–H and O–H groups in total. The first kappa shape index (κ1) is 162. The molecule has 2 aliphatic rings. The summed E-state index contributed by atoms with van der Waals surface area (Å²) in [5.41, 5.74) is 5.50. The number of ketones is 2. The minimum Gasteiger partial charge on any atom is -0.469 e. The second kappa shape index (κ2) is 149. The molecule has 0 saturated carbocycles. The molecule has 2 rings (SSSR count). The van der Waals surface area contributed by atoms with Gasteiger partial charge >= 0.3 is 11.9 Å². The average molecular weight is 1790 g/mol. The van der Waals surface area contributed by atoms with Crippen molar-refractivity contribution in [3.8, 4) is 0 Å². The molecule has 0 atom stereocenters. The Bertz CT molecular complexity index is 1700. The lowest BCUT2D eigenvalue weighted by Crippen LogP contribution is -2.49. The maximum Gasteiger partial charge on any atom is 0.306 e. The summed E-state index contributed by atoms with van der Waals surface area (Å²) in [5, 5.41) is 18.5. The van der Waals surface area contributed by atoms with Crippen LogP contribution >= 0.6 is 0 Å². The van der Waals surface area contributed by atoms with Gasteiger partial charge in [0.25, 0.3) is 0 Å². The highest BCUT2D eigenvalue weighted by atomic mass is 16.5. The van der Waals surface area contributed by atoms with E-state index < -0.39 is 0 Å².